The molecule has 2 nitrogen and oxygen atoms in total. The summed E-state index contributed by atoms with van der Waals surface area (Å²) in [6.45, 7) is 1.91. The zero-order valence-corrected chi connectivity index (χ0v) is 10.8. The summed E-state index contributed by atoms with van der Waals surface area (Å²) in [5, 5.41) is 0.654. The number of aldehydes is 1. The van der Waals surface area contributed by atoms with Gasteiger partial charge in [-0.25, -0.2) is 0 Å². The number of carbonyl (C=O) groups excluding carboxylic acids is 1. The molecule has 0 aliphatic heterocycles. The molecule has 0 N–H and O–H groups in total. The Balaban J connectivity index is 2.56. The Morgan fingerprint density at radius 2 is 2.06 bits per heavy atom. The van der Waals surface area contributed by atoms with E-state index in [1.807, 2.05) is 19.1 Å². The summed E-state index contributed by atoms with van der Waals surface area (Å²) in [4.78, 5) is 10.5. The van der Waals surface area contributed by atoms with Gasteiger partial charge in [-0.15, -0.1) is 0 Å². The van der Waals surface area contributed by atoms with Crippen molar-refractivity contribution in [2.75, 3.05) is 0 Å². The standard InChI is InChI=1S/C12H8BrClO2/c1-7-9(3-4-10(13)12(7)14)11-5-2-8(6-15)16-11/h2-6H,1H3. The van der Waals surface area contributed by atoms with Gasteiger partial charge < -0.3 is 4.42 Å². The van der Waals surface area contributed by atoms with E-state index in [1.54, 1.807) is 12.1 Å². The van der Waals surface area contributed by atoms with E-state index >= 15 is 0 Å². The van der Waals surface area contributed by atoms with Crippen molar-refractivity contribution >= 4 is 33.8 Å². The first-order valence-electron chi connectivity index (χ1n) is 4.63. The van der Waals surface area contributed by atoms with Gasteiger partial charge in [0.15, 0.2) is 12.0 Å². The Hall–Kier alpha value is -1.06. The summed E-state index contributed by atoms with van der Waals surface area (Å²) in [6, 6.07) is 7.15. The second-order valence-electron chi connectivity index (χ2n) is 3.35. The number of benzene rings is 1. The van der Waals surface area contributed by atoms with Gasteiger partial charge in [-0.05, 0) is 52.7 Å². The van der Waals surface area contributed by atoms with E-state index in [9.17, 15) is 4.79 Å². The Labute approximate surface area is 106 Å². The average molecular weight is 300 g/mol. The molecule has 0 radical (unpaired) electrons. The molecule has 0 aliphatic rings. The van der Waals surface area contributed by atoms with Gasteiger partial charge in [0.25, 0.3) is 0 Å². The van der Waals surface area contributed by atoms with Crippen LogP contribution in [0.3, 0.4) is 0 Å². The van der Waals surface area contributed by atoms with E-state index < -0.39 is 0 Å². The molecule has 0 saturated carbocycles. The van der Waals surface area contributed by atoms with Crippen LogP contribution in [0.4, 0.5) is 0 Å². The van der Waals surface area contributed by atoms with Crippen molar-refractivity contribution in [2.24, 2.45) is 0 Å². The predicted octanol–water partition coefficient (Wildman–Crippen LogP) is 4.48. The van der Waals surface area contributed by atoms with E-state index in [-0.39, 0.29) is 0 Å². The molecule has 2 aromatic rings. The van der Waals surface area contributed by atoms with Gasteiger partial charge in [0, 0.05) is 10.0 Å². The molecule has 0 spiro atoms. The first-order valence-corrected chi connectivity index (χ1v) is 5.80. The fourth-order valence-corrected chi connectivity index (χ4v) is 2.07. The SMILES string of the molecule is Cc1c(-c2ccc(C=O)o2)ccc(Br)c1Cl. The van der Waals surface area contributed by atoms with Gasteiger partial charge in [-0.2, -0.15) is 0 Å². The van der Waals surface area contributed by atoms with Crippen LogP contribution in [0.5, 0.6) is 0 Å². The number of furan rings is 1. The molecule has 0 fully saturated rings. The number of rotatable bonds is 2. The molecule has 0 bridgehead atoms. The lowest BCUT2D eigenvalue weighted by molar-refractivity contribution is 0.110. The largest absolute Gasteiger partial charge is 0.453 e. The molecule has 1 heterocycles. The molecule has 4 heteroatoms. The van der Waals surface area contributed by atoms with Crippen molar-refractivity contribution in [1.29, 1.82) is 0 Å². The second kappa shape index (κ2) is 4.44. The van der Waals surface area contributed by atoms with Crippen molar-refractivity contribution in [3.63, 3.8) is 0 Å². The number of carbonyl (C=O) groups is 1. The molecule has 2 rings (SSSR count). The third-order valence-corrected chi connectivity index (χ3v) is 3.72. The summed E-state index contributed by atoms with van der Waals surface area (Å²) in [5.41, 5.74) is 1.81. The van der Waals surface area contributed by atoms with Crippen LogP contribution in [0, 0.1) is 6.92 Å². The van der Waals surface area contributed by atoms with Crippen LogP contribution in [-0.2, 0) is 0 Å². The fraction of sp³-hybridized carbons (Fsp3) is 0.0833. The molecule has 1 aromatic carbocycles. The molecule has 1 aromatic heterocycles. The first kappa shape index (κ1) is 11.4. The maximum atomic E-state index is 10.5. The molecule has 82 valence electrons. The highest BCUT2D eigenvalue weighted by atomic mass is 79.9. The lowest BCUT2D eigenvalue weighted by Gasteiger charge is -2.06. The summed E-state index contributed by atoms with van der Waals surface area (Å²) < 4.78 is 6.20. The predicted molar refractivity (Wildman–Crippen MR) is 67.0 cm³/mol. The van der Waals surface area contributed by atoms with Crippen LogP contribution >= 0.6 is 27.5 Å². The van der Waals surface area contributed by atoms with Crippen molar-refractivity contribution < 1.29 is 9.21 Å². The number of halogens is 2. The lowest BCUT2D eigenvalue weighted by Crippen LogP contribution is -1.83. The van der Waals surface area contributed by atoms with Crippen molar-refractivity contribution in [3.05, 3.63) is 45.1 Å². The number of hydrogen-bond acceptors (Lipinski definition) is 2. The Bertz CT molecular complexity index is 546. The first-order chi connectivity index (χ1) is 7.63. The fourth-order valence-electron chi connectivity index (χ4n) is 1.48. The highest BCUT2D eigenvalue weighted by Gasteiger charge is 2.11. The van der Waals surface area contributed by atoms with Crippen molar-refractivity contribution in [2.45, 2.75) is 6.92 Å². The van der Waals surface area contributed by atoms with Crippen LogP contribution in [0.2, 0.25) is 5.02 Å². The smallest absolute Gasteiger partial charge is 0.185 e. The molecule has 0 atom stereocenters. The number of hydrogen-bond donors (Lipinski definition) is 0. The van der Waals surface area contributed by atoms with Gasteiger partial charge in [-0.3, -0.25) is 4.79 Å². The van der Waals surface area contributed by atoms with Gasteiger partial charge in [0.05, 0.1) is 5.02 Å². The van der Waals surface area contributed by atoms with Gasteiger partial charge in [-0.1, -0.05) is 11.6 Å². The molecule has 0 aliphatic carbocycles. The second-order valence-corrected chi connectivity index (χ2v) is 4.59. The van der Waals surface area contributed by atoms with Crippen LogP contribution in [0.1, 0.15) is 16.1 Å². The minimum atomic E-state index is 0.313. The molecular formula is C12H8BrClO2. The maximum Gasteiger partial charge on any atom is 0.185 e. The topological polar surface area (TPSA) is 30.2 Å². The summed E-state index contributed by atoms with van der Waals surface area (Å²) in [6.07, 6.45) is 0.680. The zero-order valence-electron chi connectivity index (χ0n) is 8.46. The van der Waals surface area contributed by atoms with Crippen molar-refractivity contribution in [3.8, 4) is 11.3 Å². The molecule has 16 heavy (non-hydrogen) atoms. The monoisotopic (exact) mass is 298 g/mol. The van der Waals surface area contributed by atoms with Crippen molar-refractivity contribution in [1.82, 2.24) is 0 Å². The molecule has 0 unspecified atom stereocenters. The average Bonchev–Trinajstić information content (AvgIpc) is 2.74. The summed E-state index contributed by atoms with van der Waals surface area (Å²) in [7, 11) is 0. The third kappa shape index (κ3) is 1.93. The highest BCUT2D eigenvalue weighted by molar-refractivity contribution is 9.10. The van der Waals surface area contributed by atoms with Crippen LogP contribution in [-0.4, -0.2) is 6.29 Å². The van der Waals surface area contributed by atoms with E-state index in [0.29, 0.717) is 22.8 Å². The van der Waals surface area contributed by atoms with E-state index in [4.69, 9.17) is 16.0 Å². The van der Waals surface area contributed by atoms with Crippen LogP contribution < -0.4 is 0 Å². The van der Waals surface area contributed by atoms with E-state index in [1.165, 1.54) is 0 Å². The highest BCUT2D eigenvalue weighted by Crippen LogP contribution is 2.34. The lowest BCUT2D eigenvalue weighted by atomic mass is 10.1. The quantitative estimate of drug-likeness (QED) is 0.765. The molecule has 0 amide bonds. The summed E-state index contributed by atoms with van der Waals surface area (Å²) in [5.74, 6) is 0.961. The van der Waals surface area contributed by atoms with Crippen LogP contribution in [0.25, 0.3) is 11.3 Å². The molecular weight excluding hydrogens is 291 g/mol. The van der Waals surface area contributed by atoms with E-state index in [0.717, 1.165) is 15.6 Å². The van der Waals surface area contributed by atoms with Gasteiger partial charge in [0.2, 0.25) is 0 Å². The van der Waals surface area contributed by atoms with Gasteiger partial charge in [0.1, 0.15) is 5.76 Å². The van der Waals surface area contributed by atoms with Gasteiger partial charge >= 0.3 is 0 Å². The maximum absolute atomic E-state index is 10.5. The zero-order chi connectivity index (χ0) is 11.7. The summed E-state index contributed by atoms with van der Waals surface area (Å²) >= 11 is 9.47. The minimum absolute atomic E-state index is 0.313. The molecule has 0 saturated heterocycles. The van der Waals surface area contributed by atoms with Crippen LogP contribution in [0.15, 0.2) is 33.2 Å². The third-order valence-electron chi connectivity index (χ3n) is 2.35. The Kier molecular flexibility index (Phi) is 3.17. The minimum Gasteiger partial charge on any atom is -0.453 e. The Morgan fingerprint density at radius 1 is 1.31 bits per heavy atom. The Morgan fingerprint density at radius 3 is 2.69 bits per heavy atom. The normalized spacial score (nSPS) is 10.4. The van der Waals surface area contributed by atoms with E-state index in [2.05, 4.69) is 15.9 Å².